The fraction of sp³-hybridized carbons (Fsp3) is 0.923. The minimum absolute atomic E-state index is 0.0525. The van der Waals surface area contributed by atoms with Crippen LogP contribution in [0.2, 0.25) is 0 Å². The van der Waals surface area contributed by atoms with Crippen LogP contribution in [0, 0.1) is 0 Å². The van der Waals surface area contributed by atoms with Gasteiger partial charge in [-0.25, -0.2) is 0 Å². The number of rotatable bonds is 4. The molecule has 0 radical (unpaired) electrons. The van der Waals surface area contributed by atoms with Gasteiger partial charge in [-0.1, -0.05) is 0 Å². The molecule has 2 fully saturated rings. The number of hydrogen-bond acceptors (Lipinski definition) is 4. The minimum Gasteiger partial charge on any atom is -0.369 e. The number of piperidine rings is 1. The summed E-state index contributed by atoms with van der Waals surface area (Å²) in [6.45, 7) is 6.31. The SMILES string of the molecule is CCO[C@@H](C)C(=O)N1CCCC[C@@H]1C1OCCO1. The molecule has 0 N–H and O–H groups in total. The van der Waals surface area contributed by atoms with E-state index in [1.165, 1.54) is 0 Å². The Morgan fingerprint density at radius 2 is 2.11 bits per heavy atom. The molecule has 2 saturated heterocycles. The molecule has 18 heavy (non-hydrogen) atoms. The van der Waals surface area contributed by atoms with E-state index < -0.39 is 0 Å². The number of ether oxygens (including phenoxy) is 3. The molecule has 0 aromatic heterocycles. The molecule has 2 aliphatic rings. The number of carbonyl (C=O) groups excluding carboxylic acids is 1. The summed E-state index contributed by atoms with van der Waals surface area (Å²) in [7, 11) is 0. The molecule has 2 rings (SSSR count). The van der Waals surface area contributed by atoms with E-state index in [1.54, 1.807) is 0 Å². The number of nitrogens with zero attached hydrogens (tertiary/aromatic N) is 1. The lowest BCUT2D eigenvalue weighted by Crippen LogP contribution is -2.53. The molecule has 104 valence electrons. The first-order chi connectivity index (χ1) is 8.74. The molecule has 2 aliphatic heterocycles. The average Bonchev–Trinajstić information content (AvgIpc) is 2.92. The van der Waals surface area contributed by atoms with Gasteiger partial charge in [0.1, 0.15) is 6.10 Å². The van der Waals surface area contributed by atoms with Gasteiger partial charge in [-0.3, -0.25) is 4.79 Å². The highest BCUT2D eigenvalue weighted by atomic mass is 16.7. The van der Waals surface area contributed by atoms with Crippen LogP contribution in [0.15, 0.2) is 0 Å². The predicted octanol–water partition coefficient (Wildman–Crippen LogP) is 1.17. The van der Waals surface area contributed by atoms with E-state index in [2.05, 4.69) is 0 Å². The largest absolute Gasteiger partial charge is 0.369 e. The molecule has 0 aromatic rings. The quantitative estimate of drug-likeness (QED) is 0.758. The maximum Gasteiger partial charge on any atom is 0.251 e. The lowest BCUT2D eigenvalue weighted by atomic mass is 10.0. The third kappa shape index (κ3) is 3.02. The van der Waals surface area contributed by atoms with Gasteiger partial charge < -0.3 is 19.1 Å². The smallest absolute Gasteiger partial charge is 0.251 e. The van der Waals surface area contributed by atoms with Gasteiger partial charge in [-0.05, 0) is 33.1 Å². The van der Waals surface area contributed by atoms with E-state index in [9.17, 15) is 4.79 Å². The molecule has 2 heterocycles. The Morgan fingerprint density at radius 1 is 1.39 bits per heavy atom. The van der Waals surface area contributed by atoms with Crippen molar-refractivity contribution in [2.45, 2.75) is 51.5 Å². The molecule has 0 aliphatic carbocycles. The zero-order chi connectivity index (χ0) is 13.0. The van der Waals surface area contributed by atoms with Gasteiger partial charge >= 0.3 is 0 Å². The van der Waals surface area contributed by atoms with Crippen molar-refractivity contribution in [1.82, 2.24) is 4.90 Å². The normalized spacial score (nSPS) is 27.4. The van der Waals surface area contributed by atoms with Crippen LogP contribution in [0.3, 0.4) is 0 Å². The van der Waals surface area contributed by atoms with Crippen molar-refractivity contribution < 1.29 is 19.0 Å². The first-order valence-corrected chi connectivity index (χ1v) is 6.89. The summed E-state index contributed by atoms with van der Waals surface area (Å²) >= 11 is 0. The van der Waals surface area contributed by atoms with Gasteiger partial charge in [0.25, 0.3) is 5.91 Å². The summed E-state index contributed by atoms with van der Waals surface area (Å²) in [5.74, 6) is 0.0562. The van der Waals surface area contributed by atoms with Crippen LogP contribution < -0.4 is 0 Å². The van der Waals surface area contributed by atoms with Gasteiger partial charge in [0.15, 0.2) is 6.29 Å². The molecule has 5 heteroatoms. The van der Waals surface area contributed by atoms with Crippen LogP contribution in [0.4, 0.5) is 0 Å². The third-order valence-electron chi connectivity index (χ3n) is 3.56. The maximum absolute atomic E-state index is 12.3. The number of carbonyl (C=O) groups is 1. The highest BCUT2D eigenvalue weighted by molar-refractivity contribution is 5.81. The van der Waals surface area contributed by atoms with Gasteiger partial charge in [0.2, 0.25) is 0 Å². The zero-order valence-electron chi connectivity index (χ0n) is 11.3. The lowest BCUT2D eigenvalue weighted by Gasteiger charge is -2.39. The summed E-state index contributed by atoms with van der Waals surface area (Å²) in [6, 6.07) is 0.0525. The van der Waals surface area contributed by atoms with Crippen molar-refractivity contribution in [1.29, 1.82) is 0 Å². The Balaban J connectivity index is 2.00. The predicted molar refractivity (Wildman–Crippen MR) is 66.1 cm³/mol. The fourth-order valence-corrected chi connectivity index (χ4v) is 2.67. The summed E-state index contributed by atoms with van der Waals surface area (Å²) < 4.78 is 16.5. The van der Waals surface area contributed by atoms with Crippen molar-refractivity contribution >= 4 is 5.91 Å². The van der Waals surface area contributed by atoms with E-state index >= 15 is 0 Å². The highest BCUT2D eigenvalue weighted by Gasteiger charge is 2.37. The summed E-state index contributed by atoms with van der Waals surface area (Å²) in [5.41, 5.74) is 0. The van der Waals surface area contributed by atoms with Gasteiger partial charge in [-0.15, -0.1) is 0 Å². The van der Waals surface area contributed by atoms with Crippen molar-refractivity contribution in [3.8, 4) is 0 Å². The lowest BCUT2D eigenvalue weighted by molar-refractivity contribution is -0.160. The van der Waals surface area contributed by atoms with Crippen LogP contribution in [-0.4, -0.2) is 55.6 Å². The Bertz CT molecular complexity index is 278. The topological polar surface area (TPSA) is 48.0 Å². The minimum atomic E-state index is -0.378. The number of hydrogen-bond donors (Lipinski definition) is 0. The second kappa shape index (κ2) is 6.50. The van der Waals surface area contributed by atoms with E-state index in [-0.39, 0.29) is 24.3 Å². The van der Waals surface area contributed by atoms with Crippen LogP contribution >= 0.6 is 0 Å². The number of likely N-dealkylation sites (tertiary alicyclic amines) is 1. The molecule has 2 atom stereocenters. The van der Waals surface area contributed by atoms with E-state index in [0.29, 0.717) is 19.8 Å². The first kappa shape index (κ1) is 13.8. The van der Waals surface area contributed by atoms with Crippen molar-refractivity contribution in [3.63, 3.8) is 0 Å². The standard InChI is InChI=1S/C13H23NO4/c1-3-16-10(2)12(15)14-7-5-4-6-11(14)13-17-8-9-18-13/h10-11,13H,3-9H2,1-2H3/t10-,11+/m0/s1. The van der Waals surface area contributed by atoms with Crippen LogP contribution in [-0.2, 0) is 19.0 Å². The van der Waals surface area contributed by atoms with Gasteiger partial charge in [0, 0.05) is 13.2 Å². The van der Waals surface area contributed by atoms with Crippen LogP contribution in [0.5, 0.6) is 0 Å². The molecular weight excluding hydrogens is 234 g/mol. The maximum atomic E-state index is 12.3. The average molecular weight is 257 g/mol. The Hall–Kier alpha value is -0.650. The summed E-state index contributed by atoms with van der Waals surface area (Å²) in [5, 5.41) is 0. The molecular formula is C13H23NO4. The molecule has 5 nitrogen and oxygen atoms in total. The third-order valence-corrected chi connectivity index (χ3v) is 3.56. The Labute approximate surface area is 108 Å². The van der Waals surface area contributed by atoms with Crippen LogP contribution in [0.25, 0.3) is 0 Å². The summed E-state index contributed by atoms with van der Waals surface area (Å²) in [4.78, 5) is 14.2. The molecule has 0 aromatic carbocycles. The fourth-order valence-electron chi connectivity index (χ4n) is 2.67. The van der Waals surface area contributed by atoms with Crippen molar-refractivity contribution in [3.05, 3.63) is 0 Å². The monoisotopic (exact) mass is 257 g/mol. The van der Waals surface area contributed by atoms with Crippen molar-refractivity contribution in [2.24, 2.45) is 0 Å². The molecule has 0 saturated carbocycles. The first-order valence-electron chi connectivity index (χ1n) is 6.89. The molecule has 0 bridgehead atoms. The Morgan fingerprint density at radius 3 is 2.78 bits per heavy atom. The second-order valence-electron chi connectivity index (χ2n) is 4.80. The summed E-state index contributed by atoms with van der Waals surface area (Å²) in [6.07, 6.45) is 2.50. The Kier molecular flexibility index (Phi) is 4.97. The van der Waals surface area contributed by atoms with E-state index in [4.69, 9.17) is 14.2 Å². The van der Waals surface area contributed by atoms with E-state index in [1.807, 2.05) is 18.7 Å². The van der Waals surface area contributed by atoms with Gasteiger partial charge in [-0.2, -0.15) is 0 Å². The second-order valence-corrected chi connectivity index (χ2v) is 4.80. The van der Waals surface area contributed by atoms with E-state index in [0.717, 1.165) is 25.8 Å². The van der Waals surface area contributed by atoms with Gasteiger partial charge in [0.05, 0.1) is 19.3 Å². The molecule has 0 spiro atoms. The molecule has 0 unspecified atom stereocenters. The van der Waals surface area contributed by atoms with Crippen molar-refractivity contribution in [2.75, 3.05) is 26.4 Å². The zero-order valence-corrected chi connectivity index (χ0v) is 11.3. The highest BCUT2D eigenvalue weighted by Crippen LogP contribution is 2.25. The molecule has 1 amide bonds. The van der Waals surface area contributed by atoms with Crippen LogP contribution in [0.1, 0.15) is 33.1 Å². The number of amides is 1.